The van der Waals surface area contributed by atoms with Crippen LogP contribution in [0.2, 0.25) is 0 Å². The van der Waals surface area contributed by atoms with Gasteiger partial charge in [-0.15, -0.1) is 0 Å². The van der Waals surface area contributed by atoms with Crippen molar-refractivity contribution in [2.24, 2.45) is 0 Å². The Bertz CT molecular complexity index is 146. The van der Waals surface area contributed by atoms with E-state index in [2.05, 4.69) is 11.8 Å². The molecule has 1 aliphatic rings. The van der Waals surface area contributed by atoms with Gasteiger partial charge in [0.05, 0.1) is 19.0 Å². The molecule has 0 unspecified atom stereocenters. The van der Waals surface area contributed by atoms with Crippen molar-refractivity contribution in [2.45, 2.75) is 6.92 Å². The molecule has 1 aliphatic heterocycles. The van der Waals surface area contributed by atoms with Gasteiger partial charge in [-0.3, -0.25) is 5.41 Å². The lowest BCUT2D eigenvalue weighted by atomic mass is 10.4. The first kappa shape index (κ1) is 9.86. The van der Waals surface area contributed by atoms with E-state index in [1.165, 1.54) is 0 Å². The van der Waals surface area contributed by atoms with Crippen molar-refractivity contribution in [2.75, 3.05) is 37.8 Å². The summed E-state index contributed by atoms with van der Waals surface area (Å²) in [5.41, 5.74) is 0. The molecule has 0 amide bonds. The zero-order valence-corrected chi connectivity index (χ0v) is 8.32. The van der Waals surface area contributed by atoms with Gasteiger partial charge in [0.25, 0.3) is 0 Å². The lowest BCUT2D eigenvalue weighted by Crippen LogP contribution is -2.41. The highest BCUT2D eigenvalue weighted by Crippen LogP contribution is 2.04. The maximum absolute atomic E-state index is 7.74. The van der Waals surface area contributed by atoms with E-state index in [1.54, 1.807) is 11.8 Å². The van der Waals surface area contributed by atoms with Crippen LogP contribution in [0.5, 0.6) is 0 Å². The fourth-order valence-corrected chi connectivity index (χ4v) is 1.70. The summed E-state index contributed by atoms with van der Waals surface area (Å²) in [5.74, 6) is 2.69. The molecular formula is C8H16N2OS. The summed E-state index contributed by atoms with van der Waals surface area (Å²) in [4.78, 5) is 2.10. The molecule has 1 rings (SSSR count). The molecule has 0 aliphatic carbocycles. The summed E-state index contributed by atoms with van der Waals surface area (Å²) in [6.07, 6.45) is 0. The van der Waals surface area contributed by atoms with Crippen LogP contribution in [0.15, 0.2) is 0 Å². The average molecular weight is 188 g/mol. The van der Waals surface area contributed by atoms with Crippen LogP contribution in [0.3, 0.4) is 0 Å². The van der Waals surface area contributed by atoms with E-state index in [9.17, 15) is 0 Å². The molecule has 1 heterocycles. The first-order chi connectivity index (χ1) is 5.84. The fraction of sp³-hybridized carbons (Fsp3) is 0.875. The molecule has 0 bridgehead atoms. The second kappa shape index (κ2) is 5.43. The van der Waals surface area contributed by atoms with Crippen molar-refractivity contribution in [3.63, 3.8) is 0 Å². The molecule has 0 saturated carbocycles. The molecule has 4 heteroatoms. The summed E-state index contributed by atoms with van der Waals surface area (Å²) in [6, 6.07) is 0. The van der Waals surface area contributed by atoms with Crippen LogP contribution in [0, 0.1) is 5.41 Å². The topological polar surface area (TPSA) is 36.3 Å². The quantitative estimate of drug-likeness (QED) is 0.531. The van der Waals surface area contributed by atoms with Gasteiger partial charge in [0.1, 0.15) is 5.84 Å². The van der Waals surface area contributed by atoms with Gasteiger partial charge in [-0.25, -0.2) is 0 Å². The molecule has 1 fully saturated rings. The molecule has 70 valence electrons. The van der Waals surface area contributed by atoms with Crippen molar-refractivity contribution in [3.8, 4) is 0 Å². The van der Waals surface area contributed by atoms with E-state index in [4.69, 9.17) is 10.1 Å². The van der Waals surface area contributed by atoms with Crippen molar-refractivity contribution < 1.29 is 4.74 Å². The van der Waals surface area contributed by atoms with Gasteiger partial charge in [-0.2, -0.15) is 11.8 Å². The number of ether oxygens (including phenoxy) is 1. The standard InChI is InChI=1S/C8H16N2OS/c1-2-12-7-8(9)10-3-5-11-6-4-10/h9H,2-7H2,1H3. The Kier molecular flexibility index (Phi) is 4.46. The molecule has 1 saturated heterocycles. The first-order valence-electron chi connectivity index (χ1n) is 4.32. The van der Waals surface area contributed by atoms with Gasteiger partial charge >= 0.3 is 0 Å². The maximum Gasteiger partial charge on any atom is 0.106 e. The summed E-state index contributed by atoms with van der Waals surface area (Å²) in [5, 5.41) is 7.74. The molecule has 0 aromatic heterocycles. The van der Waals surface area contributed by atoms with E-state index in [-0.39, 0.29) is 0 Å². The molecule has 0 aromatic rings. The zero-order valence-electron chi connectivity index (χ0n) is 7.51. The molecule has 12 heavy (non-hydrogen) atoms. The number of amidine groups is 1. The van der Waals surface area contributed by atoms with E-state index in [0.29, 0.717) is 0 Å². The van der Waals surface area contributed by atoms with Gasteiger partial charge in [0, 0.05) is 13.1 Å². The Hall–Kier alpha value is -0.220. The van der Waals surface area contributed by atoms with Gasteiger partial charge in [-0.05, 0) is 5.75 Å². The predicted molar refractivity (Wildman–Crippen MR) is 53.1 cm³/mol. The van der Waals surface area contributed by atoms with E-state index >= 15 is 0 Å². The minimum absolute atomic E-state index is 0.755. The second-order valence-electron chi connectivity index (χ2n) is 2.68. The SMILES string of the molecule is CCSCC(=N)N1CCOCC1. The number of rotatable bonds is 3. The van der Waals surface area contributed by atoms with Crippen molar-refractivity contribution in [1.82, 2.24) is 4.90 Å². The fourth-order valence-electron chi connectivity index (χ4n) is 1.12. The smallest absolute Gasteiger partial charge is 0.106 e. The number of nitrogens with one attached hydrogen (secondary N) is 1. The third-order valence-electron chi connectivity index (χ3n) is 1.84. The van der Waals surface area contributed by atoms with Gasteiger partial charge < -0.3 is 9.64 Å². The lowest BCUT2D eigenvalue weighted by Gasteiger charge is -2.28. The number of nitrogens with zero attached hydrogens (tertiary/aromatic N) is 1. The third kappa shape index (κ3) is 3.03. The van der Waals surface area contributed by atoms with Crippen LogP contribution < -0.4 is 0 Å². The van der Waals surface area contributed by atoms with Crippen LogP contribution in [0.1, 0.15) is 6.92 Å². The predicted octanol–water partition coefficient (Wildman–Crippen LogP) is 1.05. The minimum Gasteiger partial charge on any atom is -0.378 e. The van der Waals surface area contributed by atoms with Crippen LogP contribution >= 0.6 is 11.8 Å². The highest BCUT2D eigenvalue weighted by atomic mass is 32.2. The molecule has 0 spiro atoms. The summed E-state index contributed by atoms with van der Waals surface area (Å²) >= 11 is 1.80. The van der Waals surface area contributed by atoms with Crippen LogP contribution in [0.4, 0.5) is 0 Å². The number of hydrogen-bond acceptors (Lipinski definition) is 3. The Balaban J connectivity index is 2.20. The van der Waals surface area contributed by atoms with E-state index in [0.717, 1.165) is 43.6 Å². The largest absolute Gasteiger partial charge is 0.378 e. The van der Waals surface area contributed by atoms with Gasteiger partial charge in [-0.1, -0.05) is 6.92 Å². The maximum atomic E-state index is 7.74. The van der Waals surface area contributed by atoms with Gasteiger partial charge in [0.2, 0.25) is 0 Å². The molecule has 0 radical (unpaired) electrons. The normalized spacial score (nSPS) is 17.9. The third-order valence-corrected chi connectivity index (χ3v) is 2.72. The molecule has 3 nitrogen and oxygen atoms in total. The highest BCUT2D eigenvalue weighted by Gasteiger charge is 2.12. The molecule has 0 aromatic carbocycles. The Labute approximate surface area is 78.0 Å². The van der Waals surface area contributed by atoms with E-state index in [1.807, 2.05) is 0 Å². The Morgan fingerprint density at radius 1 is 1.50 bits per heavy atom. The molecule has 1 N–H and O–H groups in total. The summed E-state index contributed by atoms with van der Waals surface area (Å²) in [7, 11) is 0. The monoisotopic (exact) mass is 188 g/mol. The number of thioether (sulfide) groups is 1. The second-order valence-corrected chi connectivity index (χ2v) is 3.96. The van der Waals surface area contributed by atoms with Crippen molar-refractivity contribution >= 4 is 17.6 Å². The number of hydrogen-bond donors (Lipinski definition) is 1. The molecular weight excluding hydrogens is 172 g/mol. The van der Waals surface area contributed by atoms with Crippen LogP contribution in [-0.4, -0.2) is 48.5 Å². The lowest BCUT2D eigenvalue weighted by molar-refractivity contribution is 0.0676. The Morgan fingerprint density at radius 2 is 2.17 bits per heavy atom. The summed E-state index contributed by atoms with van der Waals surface area (Å²) in [6.45, 7) is 5.46. The Morgan fingerprint density at radius 3 is 2.75 bits per heavy atom. The van der Waals surface area contributed by atoms with Crippen LogP contribution in [0.25, 0.3) is 0 Å². The number of morpholine rings is 1. The first-order valence-corrected chi connectivity index (χ1v) is 5.48. The van der Waals surface area contributed by atoms with E-state index < -0.39 is 0 Å². The molecule has 0 atom stereocenters. The van der Waals surface area contributed by atoms with Crippen LogP contribution in [-0.2, 0) is 4.74 Å². The van der Waals surface area contributed by atoms with Crippen molar-refractivity contribution in [3.05, 3.63) is 0 Å². The average Bonchev–Trinajstić information content (AvgIpc) is 2.15. The zero-order chi connectivity index (χ0) is 8.81. The van der Waals surface area contributed by atoms with Gasteiger partial charge in [0.15, 0.2) is 0 Å². The van der Waals surface area contributed by atoms with Crippen molar-refractivity contribution in [1.29, 1.82) is 5.41 Å². The highest BCUT2D eigenvalue weighted by molar-refractivity contribution is 7.99. The summed E-state index contributed by atoms with van der Waals surface area (Å²) < 4.78 is 5.21. The minimum atomic E-state index is 0.755.